The first kappa shape index (κ1) is 13.1. The van der Waals surface area contributed by atoms with Gasteiger partial charge in [0.1, 0.15) is 5.82 Å². The maximum atomic E-state index is 12.6. The standard InChI is InChI=1S/C11H15FO3S/c1-11(2,7-13)8-16(14,15)10-5-3-9(12)4-6-10/h3-6,13H,7-8H2,1-2H3. The molecule has 1 aromatic rings. The molecule has 0 saturated carbocycles. The van der Waals surface area contributed by atoms with Gasteiger partial charge in [-0.15, -0.1) is 0 Å². The van der Waals surface area contributed by atoms with Gasteiger partial charge in [-0.1, -0.05) is 13.8 Å². The Hall–Kier alpha value is -0.940. The molecule has 0 fully saturated rings. The maximum absolute atomic E-state index is 12.6. The minimum atomic E-state index is -3.47. The fourth-order valence-electron chi connectivity index (χ4n) is 1.29. The molecular weight excluding hydrogens is 231 g/mol. The molecule has 5 heteroatoms. The molecule has 0 aliphatic rings. The van der Waals surface area contributed by atoms with Gasteiger partial charge in [0.2, 0.25) is 0 Å². The van der Waals surface area contributed by atoms with Crippen molar-refractivity contribution in [3.63, 3.8) is 0 Å². The van der Waals surface area contributed by atoms with Crippen molar-refractivity contribution in [1.29, 1.82) is 0 Å². The third-order valence-electron chi connectivity index (χ3n) is 2.18. The lowest BCUT2D eigenvalue weighted by molar-refractivity contribution is 0.179. The Bertz CT molecular complexity index is 449. The van der Waals surface area contributed by atoms with Crippen LogP contribution in [0, 0.1) is 11.2 Å². The highest BCUT2D eigenvalue weighted by atomic mass is 32.2. The Morgan fingerprint density at radius 3 is 2.19 bits per heavy atom. The summed E-state index contributed by atoms with van der Waals surface area (Å²) in [6.45, 7) is 3.11. The molecule has 0 unspecified atom stereocenters. The molecule has 3 nitrogen and oxygen atoms in total. The average Bonchev–Trinajstić information content (AvgIpc) is 2.17. The average molecular weight is 246 g/mol. The summed E-state index contributed by atoms with van der Waals surface area (Å²) in [4.78, 5) is 0.0791. The molecule has 1 rings (SSSR count). The van der Waals surface area contributed by atoms with E-state index in [4.69, 9.17) is 5.11 Å². The largest absolute Gasteiger partial charge is 0.396 e. The Balaban J connectivity index is 2.99. The number of benzene rings is 1. The van der Waals surface area contributed by atoms with Gasteiger partial charge in [-0.2, -0.15) is 0 Å². The van der Waals surface area contributed by atoms with Crippen molar-refractivity contribution in [1.82, 2.24) is 0 Å². The van der Waals surface area contributed by atoms with E-state index >= 15 is 0 Å². The lowest BCUT2D eigenvalue weighted by Crippen LogP contribution is -2.27. The van der Waals surface area contributed by atoms with E-state index in [0.717, 1.165) is 12.1 Å². The zero-order chi connectivity index (χ0) is 12.4. The minimum Gasteiger partial charge on any atom is -0.396 e. The van der Waals surface area contributed by atoms with E-state index in [9.17, 15) is 12.8 Å². The number of aliphatic hydroxyl groups excluding tert-OH is 1. The van der Waals surface area contributed by atoms with Crippen molar-refractivity contribution < 1.29 is 17.9 Å². The molecule has 0 radical (unpaired) electrons. The summed E-state index contributed by atoms with van der Waals surface area (Å²) in [5.41, 5.74) is -0.701. The van der Waals surface area contributed by atoms with Crippen molar-refractivity contribution in [2.75, 3.05) is 12.4 Å². The molecule has 90 valence electrons. The molecule has 0 aliphatic carbocycles. The first-order valence-corrected chi connectivity index (χ1v) is 6.51. The number of halogens is 1. The zero-order valence-corrected chi connectivity index (χ0v) is 10.1. The molecule has 0 amide bonds. The Morgan fingerprint density at radius 1 is 1.25 bits per heavy atom. The van der Waals surface area contributed by atoms with Crippen LogP contribution in [0.1, 0.15) is 13.8 Å². The van der Waals surface area contributed by atoms with Crippen LogP contribution >= 0.6 is 0 Å². The van der Waals surface area contributed by atoms with Gasteiger partial charge in [0.25, 0.3) is 0 Å². The number of aliphatic hydroxyl groups is 1. The molecule has 0 bridgehead atoms. The van der Waals surface area contributed by atoms with Crippen LogP contribution in [0.15, 0.2) is 29.2 Å². The van der Waals surface area contributed by atoms with E-state index in [0.29, 0.717) is 0 Å². The van der Waals surface area contributed by atoms with E-state index in [-0.39, 0.29) is 17.3 Å². The summed E-state index contributed by atoms with van der Waals surface area (Å²) in [6, 6.07) is 4.69. The highest BCUT2D eigenvalue weighted by Crippen LogP contribution is 2.22. The normalized spacial score (nSPS) is 12.8. The second kappa shape index (κ2) is 4.51. The minimum absolute atomic E-state index is 0.0791. The van der Waals surface area contributed by atoms with Gasteiger partial charge in [0.15, 0.2) is 9.84 Å². The highest BCUT2D eigenvalue weighted by Gasteiger charge is 2.26. The van der Waals surface area contributed by atoms with Crippen molar-refractivity contribution in [3.05, 3.63) is 30.1 Å². The van der Waals surface area contributed by atoms with Gasteiger partial charge in [0.05, 0.1) is 10.6 Å². The second-order valence-electron chi connectivity index (χ2n) is 4.54. The Morgan fingerprint density at radius 2 is 1.75 bits per heavy atom. The van der Waals surface area contributed by atoms with Gasteiger partial charge in [-0.25, -0.2) is 12.8 Å². The van der Waals surface area contributed by atoms with Gasteiger partial charge in [-0.3, -0.25) is 0 Å². The molecule has 0 aromatic heterocycles. The third kappa shape index (κ3) is 3.28. The van der Waals surface area contributed by atoms with Crippen LogP contribution in [0.4, 0.5) is 4.39 Å². The first-order valence-electron chi connectivity index (χ1n) is 4.86. The predicted octanol–water partition coefficient (Wildman–Crippen LogP) is 1.62. The Labute approximate surface area is 94.8 Å². The summed E-state index contributed by atoms with van der Waals surface area (Å²) in [5.74, 6) is -0.636. The lowest BCUT2D eigenvalue weighted by Gasteiger charge is -2.21. The van der Waals surface area contributed by atoms with Crippen LogP contribution in [-0.2, 0) is 9.84 Å². The third-order valence-corrected chi connectivity index (χ3v) is 4.33. The van der Waals surface area contributed by atoms with Crippen molar-refractivity contribution in [2.24, 2.45) is 5.41 Å². The van der Waals surface area contributed by atoms with E-state index in [2.05, 4.69) is 0 Å². The van der Waals surface area contributed by atoms with Crippen LogP contribution in [0.25, 0.3) is 0 Å². The summed E-state index contributed by atoms with van der Waals surface area (Å²) in [5, 5.41) is 9.02. The molecule has 0 heterocycles. The molecule has 0 spiro atoms. The number of hydrogen-bond donors (Lipinski definition) is 1. The van der Waals surface area contributed by atoms with Crippen LogP contribution in [0.3, 0.4) is 0 Å². The molecular formula is C11H15FO3S. The summed E-state index contributed by atoms with van der Waals surface area (Å²) in [6.07, 6.45) is 0. The zero-order valence-electron chi connectivity index (χ0n) is 9.27. The first-order chi connectivity index (χ1) is 7.27. The van der Waals surface area contributed by atoms with Crippen LogP contribution in [0.5, 0.6) is 0 Å². The summed E-state index contributed by atoms with van der Waals surface area (Å²) in [7, 11) is -3.47. The van der Waals surface area contributed by atoms with Gasteiger partial charge < -0.3 is 5.11 Å². The van der Waals surface area contributed by atoms with Crippen LogP contribution < -0.4 is 0 Å². The molecule has 0 atom stereocenters. The smallest absolute Gasteiger partial charge is 0.178 e. The number of rotatable bonds is 4. The van der Waals surface area contributed by atoms with Crippen LogP contribution in [0.2, 0.25) is 0 Å². The number of hydrogen-bond acceptors (Lipinski definition) is 3. The fourth-order valence-corrected chi connectivity index (χ4v) is 3.12. The summed E-state index contributed by atoms with van der Waals surface area (Å²) >= 11 is 0. The molecule has 1 aromatic carbocycles. The molecule has 0 saturated heterocycles. The SMILES string of the molecule is CC(C)(CO)CS(=O)(=O)c1ccc(F)cc1. The van der Waals surface area contributed by atoms with E-state index in [1.165, 1.54) is 12.1 Å². The van der Waals surface area contributed by atoms with E-state index in [1.54, 1.807) is 13.8 Å². The predicted molar refractivity (Wildman–Crippen MR) is 59.3 cm³/mol. The fraction of sp³-hybridized carbons (Fsp3) is 0.455. The quantitative estimate of drug-likeness (QED) is 0.821. The van der Waals surface area contributed by atoms with E-state index < -0.39 is 21.1 Å². The van der Waals surface area contributed by atoms with E-state index in [1.807, 2.05) is 0 Å². The molecule has 16 heavy (non-hydrogen) atoms. The second-order valence-corrected chi connectivity index (χ2v) is 6.52. The Kier molecular flexibility index (Phi) is 3.70. The lowest BCUT2D eigenvalue weighted by atomic mass is 9.98. The highest BCUT2D eigenvalue weighted by molar-refractivity contribution is 7.91. The van der Waals surface area contributed by atoms with Gasteiger partial charge >= 0.3 is 0 Å². The van der Waals surface area contributed by atoms with Crippen molar-refractivity contribution in [2.45, 2.75) is 18.7 Å². The molecule has 1 N–H and O–H groups in total. The topological polar surface area (TPSA) is 54.4 Å². The maximum Gasteiger partial charge on any atom is 0.178 e. The van der Waals surface area contributed by atoms with Gasteiger partial charge in [0, 0.05) is 12.0 Å². The molecule has 0 aliphatic heterocycles. The van der Waals surface area contributed by atoms with Crippen LogP contribution in [-0.4, -0.2) is 25.9 Å². The summed E-state index contributed by atoms with van der Waals surface area (Å²) < 4.78 is 36.4. The van der Waals surface area contributed by atoms with Crippen molar-refractivity contribution in [3.8, 4) is 0 Å². The van der Waals surface area contributed by atoms with Crippen molar-refractivity contribution >= 4 is 9.84 Å². The van der Waals surface area contributed by atoms with Gasteiger partial charge in [-0.05, 0) is 24.3 Å². The monoisotopic (exact) mass is 246 g/mol. The number of sulfone groups is 1.